The van der Waals surface area contributed by atoms with Crippen molar-refractivity contribution in [1.82, 2.24) is 0 Å². The summed E-state index contributed by atoms with van der Waals surface area (Å²) in [5.41, 5.74) is 0.659. The quantitative estimate of drug-likeness (QED) is 0.909. The van der Waals surface area contributed by atoms with Gasteiger partial charge in [0.15, 0.2) is 0 Å². The average molecular weight is 281 g/mol. The lowest BCUT2D eigenvalue weighted by Crippen LogP contribution is -2.13. The number of aromatic hydroxyl groups is 1. The van der Waals surface area contributed by atoms with Gasteiger partial charge in [-0.15, -0.1) is 0 Å². The van der Waals surface area contributed by atoms with Crippen molar-refractivity contribution in [3.8, 4) is 5.75 Å². The maximum absolute atomic E-state index is 13.0. The fraction of sp³-hybridized carbons (Fsp3) is 0.0769. The fourth-order valence-corrected chi connectivity index (χ4v) is 2.73. The summed E-state index contributed by atoms with van der Waals surface area (Å²) in [6.07, 6.45) is 0. The van der Waals surface area contributed by atoms with Crippen LogP contribution in [0.2, 0.25) is 0 Å². The molecule has 0 bridgehead atoms. The molecule has 0 saturated carbocycles. The van der Waals surface area contributed by atoms with Crippen molar-refractivity contribution < 1.29 is 17.9 Å². The molecule has 2 N–H and O–H groups in total. The Balaban J connectivity index is 2.39. The molecular formula is C13H12FNO3S. The maximum atomic E-state index is 13.0. The normalized spacial score (nSPS) is 11.3. The molecule has 2 rings (SSSR count). The highest BCUT2D eigenvalue weighted by Gasteiger charge is 2.16. The van der Waals surface area contributed by atoms with E-state index in [0.717, 1.165) is 6.07 Å². The third-order valence-electron chi connectivity index (χ3n) is 2.66. The molecular weight excluding hydrogens is 269 g/mol. The van der Waals surface area contributed by atoms with Crippen molar-refractivity contribution >= 4 is 15.7 Å². The molecule has 100 valence electrons. The number of rotatable bonds is 3. The van der Waals surface area contributed by atoms with Crippen molar-refractivity contribution in [2.45, 2.75) is 11.8 Å². The van der Waals surface area contributed by atoms with E-state index in [1.54, 1.807) is 6.92 Å². The second kappa shape index (κ2) is 4.89. The molecule has 0 amide bonds. The predicted octanol–water partition coefficient (Wildman–Crippen LogP) is 2.64. The van der Waals surface area contributed by atoms with Crippen molar-refractivity contribution in [2.75, 3.05) is 4.72 Å². The van der Waals surface area contributed by atoms with E-state index in [1.165, 1.54) is 36.4 Å². The molecule has 2 aromatic rings. The van der Waals surface area contributed by atoms with Crippen molar-refractivity contribution in [1.29, 1.82) is 0 Å². The monoisotopic (exact) mass is 281 g/mol. The van der Waals surface area contributed by atoms with E-state index in [-0.39, 0.29) is 16.3 Å². The topological polar surface area (TPSA) is 66.4 Å². The molecule has 0 aliphatic heterocycles. The number of benzene rings is 2. The van der Waals surface area contributed by atoms with Gasteiger partial charge >= 0.3 is 0 Å². The van der Waals surface area contributed by atoms with Crippen LogP contribution in [0.15, 0.2) is 47.4 Å². The SMILES string of the molecule is Cc1c(O)cccc1NS(=O)(=O)c1cccc(F)c1. The van der Waals surface area contributed by atoms with Crippen LogP contribution in [0.25, 0.3) is 0 Å². The van der Waals surface area contributed by atoms with Gasteiger partial charge in [0.1, 0.15) is 11.6 Å². The number of anilines is 1. The molecule has 4 nitrogen and oxygen atoms in total. The van der Waals surface area contributed by atoms with Gasteiger partial charge < -0.3 is 5.11 Å². The first-order valence-electron chi connectivity index (χ1n) is 5.47. The molecule has 0 radical (unpaired) electrons. The molecule has 0 unspecified atom stereocenters. The van der Waals surface area contributed by atoms with Crippen molar-refractivity contribution in [2.24, 2.45) is 0 Å². The number of nitrogens with one attached hydrogen (secondary N) is 1. The zero-order chi connectivity index (χ0) is 14.0. The second-order valence-corrected chi connectivity index (χ2v) is 5.69. The largest absolute Gasteiger partial charge is 0.508 e. The summed E-state index contributed by atoms with van der Waals surface area (Å²) in [7, 11) is -3.88. The van der Waals surface area contributed by atoms with Gasteiger partial charge in [0.05, 0.1) is 10.6 Å². The molecule has 2 aromatic carbocycles. The molecule has 19 heavy (non-hydrogen) atoms. The Morgan fingerprint density at radius 3 is 2.53 bits per heavy atom. The summed E-state index contributed by atoms with van der Waals surface area (Å²) < 4.78 is 39.5. The number of phenolic OH excluding ortho intramolecular Hbond substituents is 1. The van der Waals surface area contributed by atoms with Crippen LogP contribution in [0.4, 0.5) is 10.1 Å². The molecule has 0 aliphatic carbocycles. The van der Waals surface area contributed by atoms with E-state index in [1.807, 2.05) is 0 Å². The summed E-state index contributed by atoms with van der Waals surface area (Å²) >= 11 is 0. The lowest BCUT2D eigenvalue weighted by molar-refractivity contribution is 0.471. The number of phenols is 1. The minimum absolute atomic E-state index is 0.0144. The molecule has 6 heteroatoms. The highest BCUT2D eigenvalue weighted by atomic mass is 32.2. The van der Waals surface area contributed by atoms with Crippen LogP contribution in [-0.4, -0.2) is 13.5 Å². The highest BCUT2D eigenvalue weighted by molar-refractivity contribution is 7.92. The molecule has 0 spiro atoms. The molecule has 0 aliphatic rings. The Hall–Kier alpha value is -2.08. The zero-order valence-electron chi connectivity index (χ0n) is 10.1. The Morgan fingerprint density at radius 2 is 1.84 bits per heavy atom. The first-order valence-corrected chi connectivity index (χ1v) is 6.95. The van der Waals surface area contributed by atoms with Gasteiger partial charge in [-0.3, -0.25) is 4.72 Å². The second-order valence-electron chi connectivity index (χ2n) is 4.01. The number of halogens is 1. The number of hydrogen-bond acceptors (Lipinski definition) is 3. The lowest BCUT2D eigenvalue weighted by atomic mass is 10.2. The van der Waals surface area contributed by atoms with Gasteiger partial charge in [0.2, 0.25) is 0 Å². The van der Waals surface area contributed by atoms with Crippen molar-refractivity contribution in [3.05, 3.63) is 53.8 Å². The van der Waals surface area contributed by atoms with Gasteiger partial charge in [-0.05, 0) is 37.3 Å². The molecule has 0 fully saturated rings. The Labute approximate surface area is 110 Å². The van der Waals surface area contributed by atoms with Crippen molar-refractivity contribution in [3.63, 3.8) is 0 Å². The highest BCUT2D eigenvalue weighted by Crippen LogP contribution is 2.26. The third kappa shape index (κ3) is 2.85. The van der Waals surface area contributed by atoms with Gasteiger partial charge in [0, 0.05) is 5.56 Å². The Bertz CT molecular complexity index is 714. The smallest absolute Gasteiger partial charge is 0.262 e. The zero-order valence-corrected chi connectivity index (χ0v) is 10.9. The van der Waals surface area contributed by atoms with Crippen LogP contribution < -0.4 is 4.72 Å². The molecule has 0 atom stereocenters. The minimum atomic E-state index is -3.88. The predicted molar refractivity (Wildman–Crippen MR) is 70.1 cm³/mol. The number of sulfonamides is 1. The maximum Gasteiger partial charge on any atom is 0.262 e. The van der Waals surface area contributed by atoms with Gasteiger partial charge in [0.25, 0.3) is 10.0 Å². The van der Waals surface area contributed by atoms with E-state index < -0.39 is 15.8 Å². The summed E-state index contributed by atoms with van der Waals surface area (Å²) in [6, 6.07) is 9.20. The van der Waals surface area contributed by atoms with E-state index in [4.69, 9.17) is 0 Å². The number of hydrogen-bond donors (Lipinski definition) is 2. The van der Waals surface area contributed by atoms with Gasteiger partial charge in [-0.1, -0.05) is 12.1 Å². The van der Waals surface area contributed by atoms with E-state index in [2.05, 4.69) is 4.72 Å². The average Bonchev–Trinajstić information content (AvgIpc) is 2.35. The fourth-order valence-electron chi connectivity index (χ4n) is 1.57. The lowest BCUT2D eigenvalue weighted by Gasteiger charge is -2.11. The first-order chi connectivity index (χ1) is 8.90. The van der Waals surface area contributed by atoms with Crippen LogP contribution in [0.5, 0.6) is 5.75 Å². The molecule has 0 heterocycles. The van der Waals surface area contributed by atoms with Crippen LogP contribution in [0, 0.1) is 12.7 Å². The third-order valence-corrected chi connectivity index (χ3v) is 4.02. The van der Waals surface area contributed by atoms with Gasteiger partial charge in [-0.25, -0.2) is 12.8 Å². The Kier molecular flexibility index (Phi) is 3.44. The summed E-state index contributed by atoms with van der Waals surface area (Å²) in [4.78, 5) is -0.171. The van der Waals surface area contributed by atoms with Crippen LogP contribution in [0.3, 0.4) is 0 Å². The molecule has 0 aromatic heterocycles. The van der Waals surface area contributed by atoms with Crippen LogP contribution in [-0.2, 0) is 10.0 Å². The van der Waals surface area contributed by atoms with E-state index >= 15 is 0 Å². The summed E-state index contributed by atoms with van der Waals surface area (Å²) in [5, 5.41) is 9.52. The van der Waals surface area contributed by atoms with E-state index in [9.17, 15) is 17.9 Å². The first kappa shape index (κ1) is 13.4. The summed E-state index contributed by atoms with van der Waals surface area (Å²) in [5.74, 6) is -0.644. The van der Waals surface area contributed by atoms with Crippen LogP contribution >= 0.6 is 0 Å². The summed E-state index contributed by atoms with van der Waals surface area (Å²) in [6.45, 7) is 1.58. The van der Waals surface area contributed by atoms with Crippen LogP contribution in [0.1, 0.15) is 5.56 Å². The minimum Gasteiger partial charge on any atom is -0.508 e. The standard InChI is InChI=1S/C13H12FNO3S/c1-9-12(6-3-7-13(9)16)15-19(17,18)11-5-2-4-10(14)8-11/h2-8,15-16H,1H3. The molecule has 0 saturated heterocycles. The Morgan fingerprint density at radius 1 is 1.16 bits per heavy atom. The van der Waals surface area contributed by atoms with Gasteiger partial charge in [-0.2, -0.15) is 0 Å². The van der Waals surface area contributed by atoms with E-state index in [0.29, 0.717) is 5.56 Å².